The molecule has 6 nitrogen and oxygen atoms in total. The largest absolute Gasteiger partial charge is 0.360 e. The molecule has 0 radical (unpaired) electrons. The summed E-state index contributed by atoms with van der Waals surface area (Å²) >= 11 is 6.13. The number of aromatic nitrogens is 1. The van der Waals surface area contributed by atoms with Gasteiger partial charge in [0.2, 0.25) is 0 Å². The van der Waals surface area contributed by atoms with Crippen molar-refractivity contribution in [1.29, 1.82) is 0 Å². The summed E-state index contributed by atoms with van der Waals surface area (Å²) in [4.78, 5) is 25.3. The summed E-state index contributed by atoms with van der Waals surface area (Å²) < 4.78 is 19.5. The second-order valence-corrected chi connectivity index (χ2v) is 7.95. The summed E-state index contributed by atoms with van der Waals surface area (Å²) in [7, 11) is 0. The van der Waals surface area contributed by atoms with Crippen molar-refractivity contribution in [2.75, 3.05) is 5.32 Å². The molecule has 1 saturated carbocycles. The molecule has 2 amide bonds. The van der Waals surface area contributed by atoms with Crippen molar-refractivity contribution in [2.45, 2.75) is 38.6 Å². The highest BCUT2D eigenvalue weighted by Crippen LogP contribution is 2.33. The summed E-state index contributed by atoms with van der Waals surface area (Å²) in [6, 6.07) is 11.0. The minimum Gasteiger partial charge on any atom is -0.360 e. The van der Waals surface area contributed by atoms with Gasteiger partial charge in [0.25, 0.3) is 11.8 Å². The van der Waals surface area contributed by atoms with E-state index in [0.29, 0.717) is 11.3 Å². The van der Waals surface area contributed by atoms with E-state index in [4.69, 9.17) is 16.1 Å². The molecule has 0 saturated heterocycles. The Morgan fingerprint density at radius 1 is 1.10 bits per heavy atom. The molecule has 1 aliphatic rings. The highest BCUT2D eigenvalue weighted by atomic mass is 35.5. The van der Waals surface area contributed by atoms with Crippen molar-refractivity contribution in [3.63, 3.8) is 0 Å². The quantitative estimate of drug-likeness (QED) is 0.557. The monoisotopic (exact) mass is 441 g/mol. The molecule has 1 heterocycles. The lowest BCUT2D eigenvalue weighted by molar-refractivity contribution is 0.0937. The van der Waals surface area contributed by atoms with E-state index in [2.05, 4.69) is 15.8 Å². The number of rotatable bonds is 5. The van der Waals surface area contributed by atoms with E-state index in [-0.39, 0.29) is 39.6 Å². The topological polar surface area (TPSA) is 84.2 Å². The molecule has 0 aliphatic heterocycles. The van der Waals surface area contributed by atoms with E-state index < -0.39 is 11.7 Å². The van der Waals surface area contributed by atoms with Crippen LogP contribution in [0.25, 0.3) is 11.3 Å². The smallest absolute Gasteiger partial charge is 0.261 e. The Kier molecular flexibility index (Phi) is 6.04. The summed E-state index contributed by atoms with van der Waals surface area (Å²) in [6.45, 7) is 1.57. The predicted octanol–water partition coefficient (Wildman–Crippen LogP) is 5.37. The number of benzene rings is 2. The van der Waals surface area contributed by atoms with Crippen LogP contribution >= 0.6 is 11.6 Å². The maximum atomic E-state index is 14.3. The van der Waals surface area contributed by atoms with Gasteiger partial charge < -0.3 is 15.2 Å². The van der Waals surface area contributed by atoms with Gasteiger partial charge in [0.15, 0.2) is 0 Å². The first-order valence-electron chi connectivity index (χ1n) is 10.1. The number of halogens is 2. The number of amides is 2. The number of hydrogen-bond donors (Lipinski definition) is 2. The molecule has 160 valence electrons. The molecular formula is C23H21ClFN3O3. The van der Waals surface area contributed by atoms with Gasteiger partial charge in [0.1, 0.15) is 22.8 Å². The van der Waals surface area contributed by atoms with Crippen LogP contribution in [0.2, 0.25) is 5.02 Å². The van der Waals surface area contributed by atoms with Crippen molar-refractivity contribution in [2.24, 2.45) is 0 Å². The Morgan fingerprint density at radius 2 is 1.81 bits per heavy atom. The van der Waals surface area contributed by atoms with Crippen LogP contribution in [0.15, 0.2) is 47.0 Å². The van der Waals surface area contributed by atoms with Crippen LogP contribution in [-0.2, 0) is 0 Å². The fourth-order valence-electron chi connectivity index (χ4n) is 3.77. The van der Waals surface area contributed by atoms with Crippen LogP contribution < -0.4 is 10.6 Å². The molecule has 2 N–H and O–H groups in total. The maximum Gasteiger partial charge on any atom is 0.261 e. The summed E-state index contributed by atoms with van der Waals surface area (Å²) in [5, 5.41) is 9.73. The van der Waals surface area contributed by atoms with Crippen molar-refractivity contribution < 1.29 is 18.5 Å². The zero-order valence-corrected chi connectivity index (χ0v) is 17.6. The molecule has 1 aromatic heterocycles. The molecule has 4 rings (SSSR count). The highest BCUT2D eigenvalue weighted by Gasteiger charge is 2.25. The molecule has 0 spiro atoms. The third-order valence-corrected chi connectivity index (χ3v) is 5.70. The molecule has 1 aliphatic carbocycles. The first kappa shape index (κ1) is 21.1. The molecule has 8 heteroatoms. The molecule has 3 aromatic rings. The van der Waals surface area contributed by atoms with Crippen molar-refractivity contribution in [3.05, 3.63) is 70.2 Å². The molecular weight excluding hydrogens is 421 g/mol. The molecule has 31 heavy (non-hydrogen) atoms. The van der Waals surface area contributed by atoms with Gasteiger partial charge in [0.05, 0.1) is 10.6 Å². The second-order valence-electron chi connectivity index (χ2n) is 7.55. The average molecular weight is 442 g/mol. The van der Waals surface area contributed by atoms with E-state index in [1.807, 2.05) is 0 Å². The van der Waals surface area contributed by atoms with Gasteiger partial charge in [-0.25, -0.2) is 4.39 Å². The van der Waals surface area contributed by atoms with Crippen LogP contribution in [0, 0.1) is 12.7 Å². The summed E-state index contributed by atoms with van der Waals surface area (Å²) in [5.41, 5.74) is 1.13. The number of nitrogens with zero attached hydrogens (tertiary/aromatic N) is 1. The number of anilines is 1. The zero-order valence-electron chi connectivity index (χ0n) is 16.9. The fourth-order valence-corrected chi connectivity index (χ4v) is 4.02. The first-order chi connectivity index (χ1) is 14.9. The van der Waals surface area contributed by atoms with E-state index in [0.717, 1.165) is 25.7 Å². The zero-order chi connectivity index (χ0) is 22.0. The van der Waals surface area contributed by atoms with E-state index >= 15 is 0 Å². The van der Waals surface area contributed by atoms with Crippen molar-refractivity contribution in [3.8, 4) is 11.3 Å². The average Bonchev–Trinajstić information content (AvgIpc) is 3.38. The number of aryl methyl sites for hydroxylation is 1. The van der Waals surface area contributed by atoms with E-state index in [1.54, 1.807) is 31.2 Å². The lowest BCUT2D eigenvalue weighted by Gasteiger charge is -2.12. The van der Waals surface area contributed by atoms with Gasteiger partial charge >= 0.3 is 0 Å². The van der Waals surface area contributed by atoms with Crippen LogP contribution in [0.1, 0.15) is 52.2 Å². The second kappa shape index (κ2) is 8.89. The Hall–Kier alpha value is -3.19. The van der Waals surface area contributed by atoms with Gasteiger partial charge in [0, 0.05) is 17.3 Å². The lowest BCUT2D eigenvalue weighted by atomic mass is 10.0. The van der Waals surface area contributed by atoms with Crippen molar-refractivity contribution in [1.82, 2.24) is 10.5 Å². The van der Waals surface area contributed by atoms with Crippen LogP contribution in [0.3, 0.4) is 0 Å². The van der Waals surface area contributed by atoms with E-state index in [9.17, 15) is 14.0 Å². The van der Waals surface area contributed by atoms with Crippen LogP contribution in [0.4, 0.5) is 10.1 Å². The van der Waals surface area contributed by atoms with Gasteiger partial charge in [-0.05, 0) is 56.2 Å². The third-order valence-electron chi connectivity index (χ3n) is 5.38. The van der Waals surface area contributed by atoms with Crippen LogP contribution in [-0.4, -0.2) is 23.0 Å². The third kappa shape index (κ3) is 4.46. The molecule has 0 bridgehead atoms. The van der Waals surface area contributed by atoms with Crippen molar-refractivity contribution >= 4 is 29.1 Å². The standard InChI is InChI=1S/C23H21ClFN3O3/c1-13-19(21(28-31-13)20-17(24)7-4-8-18(20)25)23(30)27-16-11-9-14(10-12-16)22(29)26-15-5-2-3-6-15/h4,7-12,15H,2-3,5-6H2,1H3,(H,26,29)(H,27,30). The summed E-state index contributed by atoms with van der Waals surface area (Å²) in [6.07, 6.45) is 4.29. The fraction of sp³-hybridized carbons (Fsp3) is 0.261. The summed E-state index contributed by atoms with van der Waals surface area (Å²) in [5.74, 6) is -1.01. The molecule has 2 aromatic carbocycles. The van der Waals surface area contributed by atoms with Gasteiger partial charge in [-0.2, -0.15) is 0 Å². The lowest BCUT2D eigenvalue weighted by Crippen LogP contribution is -2.32. The Labute approximate surface area is 183 Å². The minimum absolute atomic E-state index is 0.00472. The van der Waals surface area contributed by atoms with Gasteiger partial charge in [-0.3, -0.25) is 9.59 Å². The highest BCUT2D eigenvalue weighted by molar-refractivity contribution is 6.33. The molecule has 0 unspecified atom stereocenters. The number of carbonyl (C=O) groups excluding carboxylic acids is 2. The number of nitrogens with one attached hydrogen (secondary N) is 2. The normalized spacial score (nSPS) is 13.9. The number of carbonyl (C=O) groups is 2. The molecule has 1 fully saturated rings. The Balaban J connectivity index is 1.51. The molecule has 0 atom stereocenters. The minimum atomic E-state index is -0.604. The maximum absolute atomic E-state index is 14.3. The van der Waals surface area contributed by atoms with Gasteiger partial charge in [-0.15, -0.1) is 0 Å². The van der Waals surface area contributed by atoms with Crippen LogP contribution in [0.5, 0.6) is 0 Å². The SMILES string of the molecule is Cc1onc(-c2c(F)cccc2Cl)c1C(=O)Nc1ccc(C(=O)NC2CCCC2)cc1. The van der Waals surface area contributed by atoms with Gasteiger partial charge in [-0.1, -0.05) is 35.7 Å². The van der Waals surface area contributed by atoms with E-state index in [1.165, 1.54) is 18.2 Å². The Morgan fingerprint density at radius 3 is 2.48 bits per heavy atom. The number of hydrogen-bond acceptors (Lipinski definition) is 4. The first-order valence-corrected chi connectivity index (χ1v) is 10.4. The Bertz CT molecular complexity index is 1100. The predicted molar refractivity (Wildman–Crippen MR) is 116 cm³/mol.